The number of piperazine rings is 1. The summed E-state index contributed by atoms with van der Waals surface area (Å²) in [5, 5.41) is 6.71. The second-order valence-electron chi connectivity index (χ2n) is 7.32. The Kier molecular flexibility index (Phi) is 11.6. The average molecular weight is 505 g/mol. The molecule has 0 aliphatic carbocycles. The summed E-state index contributed by atoms with van der Waals surface area (Å²) in [5.41, 5.74) is -0.246. The molecular weight excluding hydrogens is 469 g/mol. The van der Waals surface area contributed by atoms with Crippen molar-refractivity contribution >= 4 is 35.9 Å². The van der Waals surface area contributed by atoms with E-state index in [1.165, 1.54) is 0 Å². The van der Waals surface area contributed by atoms with E-state index in [2.05, 4.69) is 42.3 Å². The van der Waals surface area contributed by atoms with Crippen molar-refractivity contribution in [3.63, 3.8) is 0 Å². The number of nitrogens with one attached hydrogen (secondary N) is 2. The molecule has 1 aliphatic rings. The lowest BCUT2D eigenvalue weighted by atomic mass is 10.1. The van der Waals surface area contributed by atoms with Crippen LogP contribution in [-0.2, 0) is 4.74 Å². The molecule has 2 N–H and O–H groups in total. The van der Waals surface area contributed by atoms with Gasteiger partial charge in [0.25, 0.3) is 0 Å². The maximum atomic E-state index is 5.43. The first-order valence-corrected chi connectivity index (χ1v) is 9.85. The van der Waals surface area contributed by atoms with Crippen LogP contribution in [0.4, 0.5) is 5.95 Å². The molecule has 0 spiro atoms. The summed E-state index contributed by atoms with van der Waals surface area (Å²) in [4.78, 5) is 18.0. The second-order valence-corrected chi connectivity index (χ2v) is 7.32. The normalized spacial score (nSPS) is 15.9. The molecule has 0 atom stereocenters. The Morgan fingerprint density at radius 1 is 1.18 bits per heavy atom. The monoisotopic (exact) mass is 505 g/mol. The van der Waals surface area contributed by atoms with E-state index in [9.17, 15) is 0 Å². The minimum Gasteiger partial charge on any atom is -0.377 e. The summed E-state index contributed by atoms with van der Waals surface area (Å²) in [5.74, 6) is 1.69. The number of anilines is 1. The molecular formula is C19H36IN7O. The van der Waals surface area contributed by atoms with Crippen LogP contribution in [0.3, 0.4) is 0 Å². The Morgan fingerprint density at radius 3 is 2.46 bits per heavy atom. The number of hydrogen-bond donors (Lipinski definition) is 2. The molecule has 0 amide bonds. The predicted molar refractivity (Wildman–Crippen MR) is 126 cm³/mol. The highest BCUT2D eigenvalue weighted by molar-refractivity contribution is 14.0. The molecule has 1 aliphatic heterocycles. The van der Waals surface area contributed by atoms with Crippen LogP contribution >= 0.6 is 24.0 Å². The summed E-state index contributed by atoms with van der Waals surface area (Å²) in [6.07, 6.45) is 4.69. The Bertz CT molecular complexity index is 563. The number of guanidine groups is 1. The van der Waals surface area contributed by atoms with E-state index in [0.717, 1.165) is 64.1 Å². The van der Waals surface area contributed by atoms with Gasteiger partial charge < -0.3 is 20.3 Å². The fourth-order valence-electron chi connectivity index (χ4n) is 2.81. The van der Waals surface area contributed by atoms with Gasteiger partial charge >= 0.3 is 0 Å². The van der Waals surface area contributed by atoms with Crippen LogP contribution < -0.4 is 15.5 Å². The third kappa shape index (κ3) is 8.87. The van der Waals surface area contributed by atoms with Gasteiger partial charge in [0.1, 0.15) is 0 Å². The van der Waals surface area contributed by atoms with E-state index >= 15 is 0 Å². The first-order chi connectivity index (χ1) is 13.0. The third-order valence-electron chi connectivity index (χ3n) is 4.67. The molecule has 1 saturated heterocycles. The lowest BCUT2D eigenvalue weighted by molar-refractivity contribution is 0.0310. The van der Waals surface area contributed by atoms with Crippen LogP contribution in [0.1, 0.15) is 27.2 Å². The van der Waals surface area contributed by atoms with Gasteiger partial charge in [-0.05, 0) is 39.8 Å². The van der Waals surface area contributed by atoms with E-state index in [-0.39, 0.29) is 29.6 Å². The molecule has 2 rings (SSSR count). The van der Waals surface area contributed by atoms with Gasteiger partial charge in [0.15, 0.2) is 5.96 Å². The van der Waals surface area contributed by atoms with Gasteiger partial charge in [-0.25, -0.2) is 9.97 Å². The topological polar surface area (TPSA) is 77.9 Å². The van der Waals surface area contributed by atoms with Gasteiger partial charge in [-0.3, -0.25) is 9.89 Å². The lowest BCUT2D eigenvalue weighted by Gasteiger charge is -2.34. The first-order valence-electron chi connectivity index (χ1n) is 9.85. The average Bonchev–Trinajstić information content (AvgIpc) is 2.70. The molecule has 0 unspecified atom stereocenters. The van der Waals surface area contributed by atoms with E-state index in [0.29, 0.717) is 6.54 Å². The molecule has 1 aromatic rings. The number of aliphatic imine (C=N–C) groups is 1. The van der Waals surface area contributed by atoms with Gasteiger partial charge in [-0.2, -0.15) is 0 Å². The number of ether oxygens (including phenoxy) is 1. The van der Waals surface area contributed by atoms with Gasteiger partial charge in [0, 0.05) is 58.8 Å². The number of rotatable bonds is 9. The van der Waals surface area contributed by atoms with E-state index in [1.54, 1.807) is 19.5 Å². The van der Waals surface area contributed by atoms with Gasteiger partial charge in [-0.1, -0.05) is 0 Å². The van der Waals surface area contributed by atoms with Crippen LogP contribution in [0.2, 0.25) is 0 Å². The molecule has 28 heavy (non-hydrogen) atoms. The van der Waals surface area contributed by atoms with Crippen molar-refractivity contribution in [1.82, 2.24) is 25.5 Å². The van der Waals surface area contributed by atoms with Crippen molar-refractivity contribution in [2.24, 2.45) is 4.99 Å². The molecule has 0 aromatic carbocycles. The van der Waals surface area contributed by atoms with E-state index in [1.807, 2.05) is 19.9 Å². The van der Waals surface area contributed by atoms with Gasteiger partial charge in [-0.15, -0.1) is 24.0 Å². The summed E-state index contributed by atoms with van der Waals surface area (Å²) in [6.45, 7) is 13.7. The molecule has 160 valence electrons. The van der Waals surface area contributed by atoms with Crippen LogP contribution in [0.25, 0.3) is 0 Å². The van der Waals surface area contributed by atoms with Crippen molar-refractivity contribution in [3.8, 4) is 0 Å². The molecule has 0 bridgehead atoms. The number of nitrogens with zero attached hydrogens (tertiary/aromatic N) is 5. The Morgan fingerprint density at radius 2 is 1.86 bits per heavy atom. The van der Waals surface area contributed by atoms with Crippen LogP contribution in [-0.4, -0.2) is 85.9 Å². The smallest absolute Gasteiger partial charge is 0.225 e. The molecule has 9 heteroatoms. The van der Waals surface area contributed by atoms with Crippen LogP contribution in [0.15, 0.2) is 23.5 Å². The second kappa shape index (κ2) is 13.1. The van der Waals surface area contributed by atoms with Crippen molar-refractivity contribution in [2.45, 2.75) is 32.8 Å². The number of halogens is 1. The summed E-state index contributed by atoms with van der Waals surface area (Å²) < 4.78 is 5.43. The highest BCUT2D eigenvalue weighted by Gasteiger charge is 2.18. The number of methoxy groups -OCH3 is 1. The Hall–Kier alpha value is -1.20. The molecule has 1 aromatic heterocycles. The minimum atomic E-state index is -0.246. The molecule has 8 nitrogen and oxygen atoms in total. The minimum absolute atomic E-state index is 0. The predicted octanol–water partition coefficient (Wildman–Crippen LogP) is 1.59. The van der Waals surface area contributed by atoms with Gasteiger partial charge in [0.05, 0.1) is 12.1 Å². The van der Waals surface area contributed by atoms with Crippen LogP contribution in [0, 0.1) is 0 Å². The van der Waals surface area contributed by atoms with Gasteiger partial charge in [0.2, 0.25) is 5.95 Å². The van der Waals surface area contributed by atoms with Crippen LogP contribution in [0.5, 0.6) is 0 Å². The number of aromatic nitrogens is 2. The third-order valence-corrected chi connectivity index (χ3v) is 4.67. The molecule has 1 fully saturated rings. The zero-order valence-corrected chi connectivity index (χ0v) is 20.0. The van der Waals surface area contributed by atoms with Crippen molar-refractivity contribution in [1.29, 1.82) is 0 Å². The maximum Gasteiger partial charge on any atom is 0.225 e. The molecule has 2 heterocycles. The SMILES string of the molecule is CCNC(=NCC(C)(C)OC)NCCCN1CCN(c2ncccn2)CC1.I. The fourth-order valence-corrected chi connectivity index (χ4v) is 2.81. The largest absolute Gasteiger partial charge is 0.377 e. The zero-order valence-electron chi connectivity index (χ0n) is 17.6. The quantitative estimate of drug-likeness (QED) is 0.229. The van der Waals surface area contributed by atoms with Crippen molar-refractivity contribution < 1.29 is 4.74 Å². The van der Waals surface area contributed by atoms with E-state index < -0.39 is 0 Å². The van der Waals surface area contributed by atoms with Crippen molar-refractivity contribution in [3.05, 3.63) is 18.5 Å². The first kappa shape index (κ1) is 24.8. The fraction of sp³-hybridized carbons (Fsp3) is 0.737. The Labute approximate surface area is 186 Å². The Balaban J connectivity index is 0.00000392. The summed E-state index contributed by atoms with van der Waals surface area (Å²) in [6, 6.07) is 1.86. The zero-order chi connectivity index (χ0) is 19.5. The highest BCUT2D eigenvalue weighted by atomic mass is 127. The molecule has 0 radical (unpaired) electrons. The van der Waals surface area contributed by atoms with E-state index in [4.69, 9.17) is 4.74 Å². The highest BCUT2D eigenvalue weighted by Crippen LogP contribution is 2.10. The van der Waals surface area contributed by atoms with Crippen molar-refractivity contribution in [2.75, 3.05) is 64.4 Å². The maximum absolute atomic E-state index is 5.43. The summed E-state index contributed by atoms with van der Waals surface area (Å²) >= 11 is 0. The lowest BCUT2D eigenvalue weighted by Crippen LogP contribution is -2.47. The molecule has 0 saturated carbocycles. The standard InChI is InChI=1S/C19H35N7O.HI/c1-5-20-17(24-16-19(2,3)27-4)21-10-7-11-25-12-14-26(15-13-25)18-22-8-6-9-23-18;/h6,8-9H,5,7,10-16H2,1-4H3,(H2,20,21,24);1H. The number of hydrogen-bond acceptors (Lipinski definition) is 6. The summed E-state index contributed by atoms with van der Waals surface area (Å²) in [7, 11) is 1.72.